The molecule has 0 saturated carbocycles. The first-order valence-electron chi connectivity index (χ1n) is 5.99. The zero-order valence-corrected chi connectivity index (χ0v) is 12.3. The molecule has 0 aliphatic heterocycles. The van der Waals surface area contributed by atoms with E-state index < -0.39 is 0 Å². The number of rotatable bonds is 4. The highest BCUT2D eigenvalue weighted by molar-refractivity contribution is 6.35. The Bertz CT molecular complexity index is 612. The second-order valence-electron chi connectivity index (χ2n) is 4.27. The van der Waals surface area contributed by atoms with Crippen LogP contribution in [0.25, 0.3) is 0 Å². The fraction of sp³-hybridized carbons (Fsp3) is 0.133. The topological polar surface area (TPSA) is 38.3 Å². The van der Waals surface area contributed by atoms with Crippen molar-refractivity contribution in [1.29, 1.82) is 0 Å². The lowest BCUT2D eigenvalue weighted by molar-refractivity contribution is -0.118. The molecule has 2 aromatic rings. The van der Waals surface area contributed by atoms with Crippen molar-refractivity contribution in [2.75, 3.05) is 11.9 Å². The van der Waals surface area contributed by atoms with E-state index in [-0.39, 0.29) is 12.5 Å². The highest BCUT2D eigenvalue weighted by Gasteiger charge is 2.07. The first kappa shape index (κ1) is 14.7. The van der Waals surface area contributed by atoms with E-state index in [1.807, 2.05) is 31.2 Å². The SMILES string of the molecule is Cc1ccc(OCC(=O)Nc2cc(Cl)ccc2Cl)cc1. The van der Waals surface area contributed by atoms with Gasteiger partial charge >= 0.3 is 0 Å². The number of carbonyl (C=O) groups is 1. The fourth-order valence-electron chi connectivity index (χ4n) is 1.56. The third-order valence-corrected chi connectivity index (χ3v) is 3.16. The van der Waals surface area contributed by atoms with Gasteiger partial charge in [0.15, 0.2) is 6.61 Å². The van der Waals surface area contributed by atoms with E-state index in [2.05, 4.69) is 5.32 Å². The molecule has 0 heterocycles. The first-order valence-corrected chi connectivity index (χ1v) is 6.74. The molecule has 3 nitrogen and oxygen atoms in total. The second-order valence-corrected chi connectivity index (χ2v) is 5.12. The minimum Gasteiger partial charge on any atom is -0.484 e. The second kappa shape index (κ2) is 6.64. The lowest BCUT2D eigenvalue weighted by Gasteiger charge is -2.09. The summed E-state index contributed by atoms with van der Waals surface area (Å²) in [5.74, 6) is 0.345. The van der Waals surface area contributed by atoms with Crippen LogP contribution in [0.1, 0.15) is 5.56 Å². The van der Waals surface area contributed by atoms with Gasteiger partial charge in [-0.1, -0.05) is 40.9 Å². The molecule has 5 heteroatoms. The molecule has 0 atom stereocenters. The number of hydrogen-bond acceptors (Lipinski definition) is 2. The van der Waals surface area contributed by atoms with Crippen LogP contribution >= 0.6 is 23.2 Å². The molecule has 0 bridgehead atoms. The zero-order valence-electron chi connectivity index (χ0n) is 10.8. The summed E-state index contributed by atoms with van der Waals surface area (Å²) in [5.41, 5.74) is 1.60. The lowest BCUT2D eigenvalue weighted by Crippen LogP contribution is -2.20. The van der Waals surface area contributed by atoms with Gasteiger partial charge in [0.25, 0.3) is 5.91 Å². The summed E-state index contributed by atoms with van der Waals surface area (Å²) in [6.45, 7) is 1.89. The Morgan fingerprint density at radius 3 is 2.55 bits per heavy atom. The van der Waals surface area contributed by atoms with Crippen molar-refractivity contribution in [2.45, 2.75) is 6.92 Å². The molecule has 1 N–H and O–H groups in total. The van der Waals surface area contributed by atoms with Crippen LogP contribution in [-0.2, 0) is 4.79 Å². The number of ether oxygens (including phenoxy) is 1. The van der Waals surface area contributed by atoms with Crippen molar-refractivity contribution in [3.05, 3.63) is 58.1 Å². The average Bonchev–Trinajstić information content (AvgIpc) is 2.42. The first-order chi connectivity index (χ1) is 9.54. The highest BCUT2D eigenvalue weighted by Crippen LogP contribution is 2.25. The van der Waals surface area contributed by atoms with Gasteiger partial charge in [-0.2, -0.15) is 0 Å². The molecule has 20 heavy (non-hydrogen) atoms. The Hall–Kier alpha value is -1.71. The molecule has 0 aliphatic rings. The Morgan fingerprint density at radius 1 is 1.15 bits per heavy atom. The van der Waals surface area contributed by atoms with Crippen molar-refractivity contribution in [3.8, 4) is 5.75 Å². The number of halogens is 2. The molecule has 2 rings (SSSR count). The average molecular weight is 310 g/mol. The standard InChI is InChI=1S/C15H13Cl2NO2/c1-10-2-5-12(6-3-10)20-9-15(19)18-14-8-11(16)4-7-13(14)17/h2-8H,9H2,1H3,(H,18,19). The Balaban J connectivity index is 1.92. The van der Waals surface area contributed by atoms with E-state index in [4.69, 9.17) is 27.9 Å². The minimum atomic E-state index is -0.297. The zero-order chi connectivity index (χ0) is 14.5. The molecular formula is C15H13Cl2NO2. The maximum Gasteiger partial charge on any atom is 0.262 e. The molecule has 0 aliphatic carbocycles. The molecular weight excluding hydrogens is 297 g/mol. The molecule has 2 aromatic carbocycles. The molecule has 0 fully saturated rings. The van der Waals surface area contributed by atoms with Crippen LogP contribution in [0.15, 0.2) is 42.5 Å². The van der Waals surface area contributed by atoms with Gasteiger partial charge in [-0.3, -0.25) is 4.79 Å². The summed E-state index contributed by atoms with van der Waals surface area (Å²) in [6.07, 6.45) is 0. The third kappa shape index (κ3) is 4.15. The van der Waals surface area contributed by atoms with Crippen molar-refractivity contribution < 1.29 is 9.53 Å². The Labute approximate surface area is 127 Å². The van der Waals surface area contributed by atoms with E-state index in [0.29, 0.717) is 21.5 Å². The van der Waals surface area contributed by atoms with Crippen LogP contribution in [0.2, 0.25) is 10.0 Å². The normalized spacial score (nSPS) is 10.2. The van der Waals surface area contributed by atoms with Crippen molar-refractivity contribution in [3.63, 3.8) is 0 Å². The van der Waals surface area contributed by atoms with Gasteiger partial charge in [0.2, 0.25) is 0 Å². The molecule has 104 valence electrons. The van der Waals surface area contributed by atoms with Gasteiger partial charge < -0.3 is 10.1 Å². The summed E-state index contributed by atoms with van der Waals surface area (Å²) in [4.78, 5) is 11.8. The summed E-state index contributed by atoms with van der Waals surface area (Å²) in [7, 11) is 0. The molecule has 0 radical (unpaired) electrons. The van der Waals surface area contributed by atoms with Crippen molar-refractivity contribution >= 4 is 34.8 Å². The van der Waals surface area contributed by atoms with Gasteiger partial charge in [-0.25, -0.2) is 0 Å². The summed E-state index contributed by atoms with van der Waals surface area (Å²) in [5, 5.41) is 3.58. The van der Waals surface area contributed by atoms with Crippen LogP contribution in [0.3, 0.4) is 0 Å². The molecule has 0 unspecified atom stereocenters. The van der Waals surface area contributed by atoms with Crippen LogP contribution in [0.5, 0.6) is 5.75 Å². The largest absolute Gasteiger partial charge is 0.484 e. The Morgan fingerprint density at radius 2 is 1.85 bits per heavy atom. The number of anilines is 1. The van der Waals surface area contributed by atoms with Crippen LogP contribution in [-0.4, -0.2) is 12.5 Å². The monoisotopic (exact) mass is 309 g/mol. The maximum atomic E-state index is 11.8. The highest BCUT2D eigenvalue weighted by atomic mass is 35.5. The molecule has 0 saturated heterocycles. The van der Waals surface area contributed by atoms with E-state index >= 15 is 0 Å². The van der Waals surface area contributed by atoms with Crippen LogP contribution in [0.4, 0.5) is 5.69 Å². The number of carbonyl (C=O) groups excluding carboxylic acids is 1. The number of nitrogens with one attached hydrogen (secondary N) is 1. The molecule has 0 aromatic heterocycles. The van der Waals surface area contributed by atoms with Gasteiger partial charge in [-0.15, -0.1) is 0 Å². The fourth-order valence-corrected chi connectivity index (χ4v) is 1.90. The maximum absolute atomic E-state index is 11.8. The number of aryl methyl sites for hydroxylation is 1. The van der Waals surface area contributed by atoms with Gasteiger partial charge in [-0.05, 0) is 37.3 Å². The predicted octanol–water partition coefficient (Wildman–Crippen LogP) is 4.32. The van der Waals surface area contributed by atoms with E-state index in [0.717, 1.165) is 5.56 Å². The van der Waals surface area contributed by atoms with E-state index in [1.165, 1.54) is 0 Å². The number of hydrogen-bond donors (Lipinski definition) is 1. The van der Waals surface area contributed by atoms with Crippen LogP contribution in [0, 0.1) is 6.92 Å². The van der Waals surface area contributed by atoms with Gasteiger partial charge in [0, 0.05) is 5.02 Å². The smallest absolute Gasteiger partial charge is 0.262 e. The van der Waals surface area contributed by atoms with Crippen molar-refractivity contribution in [2.24, 2.45) is 0 Å². The molecule has 0 spiro atoms. The summed E-state index contributed by atoms with van der Waals surface area (Å²) in [6, 6.07) is 12.3. The third-order valence-electron chi connectivity index (χ3n) is 2.59. The lowest BCUT2D eigenvalue weighted by atomic mass is 10.2. The predicted molar refractivity (Wildman–Crippen MR) is 81.8 cm³/mol. The van der Waals surface area contributed by atoms with E-state index in [9.17, 15) is 4.79 Å². The number of amides is 1. The summed E-state index contributed by atoms with van der Waals surface area (Å²) >= 11 is 11.8. The van der Waals surface area contributed by atoms with Gasteiger partial charge in [0.05, 0.1) is 10.7 Å². The Kier molecular flexibility index (Phi) is 4.88. The minimum absolute atomic E-state index is 0.0914. The number of benzene rings is 2. The van der Waals surface area contributed by atoms with Crippen molar-refractivity contribution in [1.82, 2.24) is 0 Å². The summed E-state index contributed by atoms with van der Waals surface area (Å²) < 4.78 is 5.38. The quantitative estimate of drug-likeness (QED) is 0.913. The van der Waals surface area contributed by atoms with E-state index in [1.54, 1.807) is 18.2 Å². The molecule has 1 amide bonds. The van der Waals surface area contributed by atoms with Gasteiger partial charge in [0.1, 0.15) is 5.75 Å². The van der Waals surface area contributed by atoms with Crippen LogP contribution < -0.4 is 10.1 Å².